The number of ketones is 1. The number of aliphatic carboxylic acids is 1. The highest BCUT2D eigenvalue weighted by molar-refractivity contribution is 6.06. The van der Waals surface area contributed by atoms with Gasteiger partial charge in [0, 0.05) is 24.5 Å². The molecule has 30 heavy (non-hydrogen) atoms. The smallest absolute Gasteiger partial charge is 0.332 e. The predicted octanol–water partition coefficient (Wildman–Crippen LogP) is 4.13. The Balaban J connectivity index is 1.60. The second-order valence-corrected chi connectivity index (χ2v) is 7.03. The first kappa shape index (κ1) is 21.2. The molecule has 0 bridgehead atoms. The van der Waals surface area contributed by atoms with E-state index in [9.17, 15) is 9.59 Å². The standard InChI is InChI=1S/C24H24N2O4/c1-17-5-11-21(12-6-17)22(27)23-25-13-15-26(23)14-3-4-19-7-9-20(10-8-19)16-30-18(2)24(28)29/h3-13,15,18H,14,16H2,1-2H3,(H,28,29)/t18-/m1/s1. The molecular weight excluding hydrogens is 380 g/mol. The van der Waals surface area contributed by atoms with Gasteiger partial charge in [-0.05, 0) is 25.0 Å². The minimum Gasteiger partial charge on any atom is -0.479 e. The fourth-order valence-electron chi connectivity index (χ4n) is 2.82. The highest BCUT2D eigenvalue weighted by Gasteiger charge is 2.14. The first-order valence-corrected chi connectivity index (χ1v) is 9.66. The fourth-order valence-corrected chi connectivity index (χ4v) is 2.82. The number of allylic oxidation sites excluding steroid dienone is 1. The lowest BCUT2D eigenvalue weighted by Crippen LogP contribution is -2.19. The number of aryl methyl sites for hydroxylation is 1. The second-order valence-electron chi connectivity index (χ2n) is 7.03. The summed E-state index contributed by atoms with van der Waals surface area (Å²) in [6.07, 6.45) is 6.51. The molecule has 0 fully saturated rings. The molecular formula is C24H24N2O4. The van der Waals surface area contributed by atoms with Gasteiger partial charge >= 0.3 is 5.97 Å². The number of hydrogen-bond donors (Lipinski definition) is 1. The minimum atomic E-state index is -0.978. The number of carbonyl (C=O) groups excluding carboxylic acids is 1. The van der Waals surface area contributed by atoms with E-state index in [4.69, 9.17) is 9.84 Å². The van der Waals surface area contributed by atoms with E-state index in [0.29, 0.717) is 17.9 Å². The van der Waals surface area contributed by atoms with Gasteiger partial charge in [0.15, 0.2) is 11.9 Å². The number of aromatic nitrogens is 2. The number of carbonyl (C=O) groups is 2. The molecule has 0 aliphatic rings. The molecule has 0 amide bonds. The van der Waals surface area contributed by atoms with E-state index in [1.54, 1.807) is 12.4 Å². The summed E-state index contributed by atoms with van der Waals surface area (Å²) in [6.45, 7) is 4.26. The van der Waals surface area contributed by atoms with Crippen molar-refractivity contribution in [2.75, 3.05) is 0 Å². The molecule has 1 aromatic heterocycles. The van der Waals surface area contributed by atoms with Gasteiger partial charge in [0.05, 0.1) is 6.61 Å². The average molecular weight is 404 g/mol. The fraction of sp³-hybridized carbons (Fsp3) is 0.208. The average Bonchev–Trinajstić information content (AvgIpc) is 3.21. The maximum atomic E-state index is 12.7. The quantitative estimate of drug-likeness (QED) is 0.543. The van der Waals surface area contributed by atoms with E-state index >= 15 is 0 Å². The lowest BCUT2D eigenvalue weighted by atomic mass is 10.1. The van der Waals surface area contributed by atoms with Gasteiger partial charge in [-0.2, -0.15) is 0 Å². The molecule has 3 rings (SSSR count). The Morgan fingerprint density at radius 3 is 2.50 bits per heavy atom. The van der Waals surface area contributed by atoms with Crippen LogP contribution in [0.4, 0.5) is 0 Å². The number of carboxylic acid groups (broad SMARTS) is 1. The zero-order chi connectivity index (χ0) is 21.5. The molecule has 0 saturated carbocycles. The number of nitrogens with zero attached hydrogens (tertiary/aromatic N) is 2. The van der Waals surface area contributed by atoms with Crippen molar-refractivity contribution in [3.05, 3.63) is 95.1 Å². The van der Waals surface area contributed by atoms with Gasteiger partial charge in [-0.1, -0.05) is 66.2 Å². The third-order valence-corrected chi connectivity index (χ3v) is 4.67. The highest BCUT2D eigenvalue weighted by atomic mass is 16.5. The molecule has 1 heterocycles. The summed E-state index contributed by atoms with van der Waals surface area (Å²) >= 11 is 0. The molecule has 2 aromatic carbocycles. The molecule has 0 aliphatic heterocycles. The van der Waals surface area contributed by atoms with E-state index in [1.807, 2.05) is 72.2 Å². The molecule has 0 saturated heterocycles. The number of carboxylic acids is 1. The van der Waals surface area contributed by atoms with Crippen molar-refractivity contribution in [3.63, 3.8) is 0 Å². The highest BCUT2D eigenvalue weighted by Crippen LogP contribution is 2.12. The van der Waals surface area contributed by atoms with Crippen molar-refractivity contribution in [1.82, 2.24) is 9.55 Å². The van der Waals surface area contributed by atoms with Crippen molar-refractivity contribution in [2.45, 2.75) is 33.1 Å². The Labute approximate surface area is 175 Å². The Kier molecular flexibility index (Phi) is 6.93. The van der Waals surface area contributed by atoms with E-state index in [2.05, 4.69) is 4.98 Å². The lowest BCUT2D eigenvalue weighted by Gasteiger charge is -2.08. The molecule has 0 radical (unpaired) electrons. The van der Waals surface area contributed by atoms with Crippen molar-refractivity contribution < 1.29 is 19.4 Å². The third-order valence-electron chi connectivity index (χ3n) is 4.67. The summed E-state index contributed by atoms with van der Waals surface area (Å²) in [6, 6.07) is 15.1. The Hall–Kier alpha value is -3.51. The predicted molar refractivity (Wildman–Crippen MR) is 114 cm³/mol. The van der Waals surface area contributed by atoms with Gasteiger partial charge in [-0.25, -0.2) is 9.78 Å². The van der Waals surface area contributed by atoms with Gasteiger partial charge in [0.1, 0.15) is 0 Å². The Morgan fingerprint density at radius 2 is 1.83 bits per heavy atom. The number of benzene rings is 2. The summed E-state index contributed by atoms with van der Waals surface area (Å²) in [5.74, 6) is -0.675. The zero-order valence-corrected chi connectivity index (χ0v) is 17.0. The lowest BCUT2D eigenvalue weighted by molar-refractivity contribution is -0.149. The Bertz CT molecular complexity index is 1030. The van der Waals surface area contributed by atoms with Crippen LogP contribution in [0.15, 0.2) is 67.0 Å². The van der Waals surface area contributed by atoms with Crippen LogP contribution in [-0.2, 0) is 22.7 Å². The van der Waals surface area contributed by atoms with Crippen molar-refractivity contribution in [3.8, 4) is 0 Å². The summed E-state index contributed by atoms with van der Waals surface area (Å²) in [5, 5.41) is 8.85. The SMILES string of the molecule is Cc1ccc(C(=O)c2nccn2CC=Cc2ccc(CO[C@H](C)C(=O)O)cc2)cc1. The monoisotopic (exact) mass is 404 g/mol. The molecule has 1 atom stereocenters. The maximum absolute atomic E-state index is 12.7. The van der Waals surface area contributed by atoms with Gasteiger partial charge in [-0.15, -0.1) is 0 Å². The Morgan fingerprint density at radius 1 is 1.13 bits per heavy atom. The molecule has 154 valence electrons. The summed E-state index contributed by atoms with van der Waals surface area (Å²) in [5.41, 5.74) is 3.62. The first-order valence-electron chi connectivity index (χ1n) is 9.66. The van der Waals surface area contributed by atoms with Gasteiger partial charge in [0.2, 0.25) is 5.78 Å². The number of hydrogen-bond acceptors (Lipinski definition) is 4. The summed E-state index contributed by atoms with van der Waals surface area (Å²) in [4.78, 5) is 27.7. The van der Waals surface area contributed by atoms with Crippen LogP contribution in [0.3, 0.4) is 0 Å². The first-order chi connectivity index (χ1) is 14.4. The van der Waals surface area contributed by atoms with Crippen LogP contribution in [0.5, 0.6) is 0 Å². The summed E-state index contributed by atoms with van der Waals surface area (Å²) < 4.78 is 7.09. The van der Waals surface area contributed by atoms with Gasteiger partial charge < -0.3 is 14.4 Å². The van der Waals surface area contributed by atoms with Crippen molar-refractivity contribution in [2.24, 2.45) is 0 Å². The maximum Gasteiger partial charge on any atom is 0.332 e. The van der Waals surface area contributed by atoms with Gasteiger partial charge in [-0.3, -0.25) is 4.79 Å². The van der Waals surface area contributed by atoms with Crippen molar-refractivity contribution in [1.29, 1.82) is 0 Å². The van der Waals surface area contributed by atoms with E-state index in [0.717, 1.165) is 16.7 Å². The molecule has 1 N–H and O–H groups in total. The summed E-state index contributed by atoms with van der Waals surface area (Å²) in [7, 11) is 0. The van der Waals surface area contributed by atoms with E-state index in [-0.39, 0.29) is 12.4 Å². The molecule has 0 aliphatic carbocycles. The molecule has 0 unspecified atom stereocenters. The molecule has 3 aromatic rings. The molecule has 0 spiro atoms. The van der Waals surface area contributed by atoms with Gasteiger partial charge in [0.25, 0.3) is 0 Å². The van der Waals surface area contributed by atoms with Crippen LogP contribution < -0.4 is 0 Å². The largest absolute Gasteiger partial charge is 0.479 e. The van der Waals surface area contributed by atoms with Crippen LogP contribution in [0, 0.1) is 6.92 Å². The van der Waals surface area contributed by atoms with Crippen LogP contribution in [0.25, 0.3) is 6.08 Å². The van der Waals surface area contributed by atoms with Crippen LogP contribution in [-0.4, -0.2) is 32.5 Å². The minimum absolute atomic E-state index is 0.103. The number of ether oxygens (including phenoxy) is 1. The molecule has 6 heteroatoms. The topological polar surface area (TPSA) is 81.4 Å². The third kappa shape index (κ3) is 5.52. The zero-order valence-electron chi connectivity index (χ0n) is 17.0. The number of imidazole rings is 1. The van der Waals surface area contributed by atoms with Crippen LogP contribution in [0.2, 0.25) is 0 Å². The van der Waals surface area contributed by atoms with E-state index in [1.165, 1.54) is 6.92 Å². The number of rotatable bonds is 9. The molecule has 6 nitrogen and oxygen atoms in total. The van der Waals surface area contributed by atoms with Crippen molar-refractivity contribution >= 4 is 17.8 Å². The van der Waals surface area contributed by atoms with Crippen LogP contribution >= 0.6 is 0 Å². The normalized spacial score (nSPS) is 12.2. The van der Waals surface area contributed by atoms with E-state index < -0.39 is 12.1 Å². The van der Waals surface area contributed by atoms with Crippen LogP contribution in [0.1, 0.15) is 39.8 Å². The second kappa shape index (κ2) is 9.80.